The molecule has 0 aliphatic carbocycles. The van der Waals surface area contributed by atoms with E-state index in [2.05, 4.69) is 54.8 Å². The van der Waals surface area contributed by atoms with E-state index in [-0.39, 0.29) is 5.28 Å². The first-order valence-corrected chi connectivity index (χ1v) is 12.6. The van der Waals surface area contributed by atoms with Crippen molar-refractivity contribution in [1.29, 1.82) is 5.26 Å². The molecule has 0 radical (unpaired) electrons. The van der Waals surface area contributed by atoms with Crippen molar-refractivity contribution in [2.45, 2.75) is 46.3 Å². The fourth-order valence-corrected chi connectivity index (χ4v) is 3.23. The highest BCUT2D eigenvalue weighted by Gasteiger charge is 2.17. The average Bonchev–Trinajstić information content (AvgIpc) is 2.86. The largest absolute Gasteiger partial charge is 0.369 e. The highest BCUT2D eigenvalue weighted by molar-refractivity contribution is 6.76. The molecule has 2 rings (SSSR count). The van der Waals surface area contributed by atoms with E-state index in [0.29, 0.717) is 41.7 Å². The molecule has 0 aliphatic heterocycles. The standard InChI is InChI=1S/C17H26ClN5OSi/c1-12(2)9-20-15-14-13(8-19)10-23(16(14)22-17(18)21-15)11-24-6-7-25(3,4)5/h10,12H,6-7,9,11H2,1-5H3,(H,20,21,22). The molecule has 0 aliphatic rings. The molecule has 2 heterocycles. The molecule has 0 spiro atoms. The van der Waals surface area contributed by atoms with Crippen molar-refractivity contribution in [2.24, 2.45) is 5.92 Å². The maximum atomic E-state index is 9.48. The molecule has 0 atom stereocenters. The molecule has 136 valence electrons. The summed E-state index contributed by atoms with van der Waals surface area (Å²) < 4.78 is 7.63. The Hall–Kier alpha value is -1.62. The van der Waals surface area contributed by atoms with Gasteiger partial charge in [0.15, 0.2) is 0 Å². The van der Waals surface area contributed by atoms with Gasteiger partial charge in [0, 0.05) is 27.4 Å². The number of nitriles is 1. The van der Waals surface area contributed by atoms with Gasteiger partial charge in [0.25, 0.3) is 0 Å². The summed E-state index contributed by atoms with van der Waals surface area (Å²) in [5.41, 5.74) is 1.14. The van der Waals surface area contributed by atoms with Gasteiger partial charge < -0.3 is 14.6 Å². The molecule has 0 fully saturated rings. The molecule has 0 bridgehead atoms. The van der Waals surface area contributed by atoms with Crippen molar-refractivity contribution in [3.63, 3.8) is 0 Å². The van der Waals surface area contributed by atoms with Gasteiger partial charge >= 0.3 is 0 Å². The first-order chi connectivity index (χ1) is 11.7. The SMILES string of the molecule is CC(C)CNc1nc(Cl)nc2c1c(C#N)cn2COCC[Si](C)(C)C. The molecular formula is C17H26ClN5OSi. The van der Waals surface area contributed by atoms with E-state index in [4.69, 9.17) is 16.3 Å². The maximum absolute atomic E-state index is 9.48. The molecule has 8 heteroatoms. The first kappa shape index (κ1) is 19.7. The van der Waals surface area contributed by atoms with E-state index in [1.807, 2.05) is 4.57 Å². The van der Waals surface area contributed by atoms with Crippen molar-refractivity contribution in [3.8, 4) is 6.07 Å². The quantitative estimate of drug-likeness (QED) is 0.419. The van der Waals surface area contributed by atoms with Crippen LogP contribution in [0.2, 0.25) is 31.0 Å². The van der Waals surface area contributed by atoms with Crippen molar-refractivity contribution in [2.75, 3.05) is 18.5 Å². The number of hydrogen-bond donors (Lipinski definition) is 1. The fourth-order valence-electron chi connectivity index (χ4n) is 2.31. The van der Waals surface area contributed by atoms with Crippen LogP contribution in [0.3, 0.4) is 0 Å². The number of anilines is 1. The lowest BCUT2D eigenvalue weighted by atomic mass is 10.2. The fraction of sp³-hybridized carbons (Fsp3) is 0.588. The van der Waals surface area contributed by atoms with Crippen molar-refractivity contribution < 1.29 is 4.74 Å². The molecule has 25 heavy (non-hydrogen) atoms. The van der Waals surface area contributed by atoms with Crippen LogP contribution in [0.15, 0.2) is 6.20 Å². The van der Waals surface area contributed by atoms with E-state index in [9.17, 15) is 5.26 Å². The van der Waals surface area contributed by atoms with Gasteiger partial charge in [-0.3, -0.25) is 0 Å². The second-order valence-electron chi connectivity index (χ2n) is 7.79. The third-order valence-corrected chi connectivity index (χ3v) is 5.59. The van der Waals surface area contributed by atoms with Gasteiger partial charge in [0.2, 0.25) is 5.28 Å². The summed E-state index contributed by atoms with van der Waals surface area (Å²) in [6, 6.07) is 3.31. The van der Waals surface area contributed by atoms with Gasteiger partial charge in [0.1, 0.15) is 24.3 Å². The Morgan fingerprint density at radius 3 is 2.68 bits per heavy atom. The lowest BCUT2D eigenvalue weighted by molar-refractivity contribution is 0.0898. The third-order valence-electron chi connectivity index (χ3n) is 3.71. The van der Waals surface area contributed by atoms with Gasteiger partial charge in [0.05, 0.1) is 10.9 Å². The lowest BCUT2D eigenvalue weighted by Gasteiger charge is -2.15. The summed E-state index contributed by atoms with van der Waals surface area (Å²) >= 11 is 6.09. The lowest BCUT2D eigenvalue weighted by Crippen LogP contribution is -2.22. The number of nitrogens with one attached hydrogen (secondary N) is 1. The Balaban J connectivity index is 2.28. The topological polar surface area (TPSA) is 75.8 Å². The zero-order valence-electron chi connectivity index (χ0n) is 15.6. The number of nitrogens with zero attached hydrogens (tertiary/aromatic N) is 4. The Kier molecular flexibility index (Phi) is 6.44. The first-order valence-electron chi connectivity index (χ1n) is 8.49. The zero-order chi connectivity index (χ0) is 18.6. The highest BCUT2D eigenvalue weighted by Crippen LogP contribution is 2.27. The summed E-state index contributed by atoms with van der Waals surface area (Å²) in [6.45, 7) is 12.9. The van der Waals surface area contributed by atoms with Gasteiger partial charge in [-0.15, -0.1) is 0 Å². The number of ether oxygens (including phenoxy) is 1. The summed E-state index contributed by atoms with van der Waals surface area (Å²) in [4.78, 5) is 8.58. The molecule has 0 aromatic carbocycles. The predicted octanol–water partition coefficient (Wildman–Crippen LogP) is 4.34. The summed E-state index contributed by atoms with van der Waals surface area (Å²) in [7, 11) is -1.13. The van der Waals surface area contributed by atoms with Gasteiger partial charge in [-0.05, 0) is 23.6 Å². The van der Waals surface area contributed by atoms with Crippen LogP contribution in [0.25, 0.3) is 11.0 Å². The van der Waals surface area contributed by atoms with Crippen LogP contribution in [0.5, 0.6) is 0 Å². The monoisotopic (exact) mass is 379 g/mol. The Morgan fingerprint density at radius 1 is 1.36 bits per heavy atom. The van der Waals surface area contributed by atoms with Crippen molar-refractivity contribution in [3.05, 3.63) is 17.0 Å². The second kappa shape index (κ2) is 8.17. The number of halogens is 1. The Morgan fingerprint density at radius 2 is 2.08 bits per heavy atom. The van der Waals surface area contributed by atoms with E-state index in [1.54, 1.807) is 6.20 Å². The van der Waals surface area contributed by atoms with Crippen LogP contribution >= 0.6 is 11.6 Å². The number of fused-ring (bicyclic) bond motifs is 1. The summed E-state index contributed by atoms with van der Waals surface area (Å²) in [6.07, 6.45) is 1.75. The second-order valence-corrected chi connectivity index (χ2v) is 13.7. The van der Waals surface area contributed by atoms with Crippen molar-refractivity contribution in [1.82, 2.24) is 14.5 Å². The van der Waals surface area contributed by atoms with E-state index >= 15 is 0 Å². The third kappa shape index (κ3) is 5.43. The molecule has 6 nitrogen and oxygen atoms in total. The Bertz CT molecular complexity index is 776. The van der Waals surface area contributed by atoms with E-state index in [1.165, 1.54) is 0 Å². The normalized spacial score (nSPS) is 11.9. The van der Waals surface area contributed by atoms with Gasteiger partial charge in [-0.1, -0.05) is 33.5 Å². The molecule has 0 unspecified atom stereocenters. The zero-order valence-corrected chi connectivity index (χ0v) is 17.3. The summed E-state index contributed by atoms with van der Waals surface area (Å²) in [5.74, 6) is 1.04. The highest BCUT2D eigenvalue weighted by atomic mass is 35.5. The summed E-state index contributed by atoms with van der Waals surface area (Å²) in [5, 5.41) is 13.6. The van der Waals surface area contributed by atoms with Crippen LogP contribution in [-0.2, 0) is 11.5 Å². The van der Waals surface area contributed by atoms with Crippen LogP contribution in [0, 0.1) is 17.2 Å². The average molecular weight is 380 g/mol. The number of aromatic nitrogens is 3. The smallest absolute Gasteiger partial charge is 0.226 e. The van der Waals surface area contributed by atoms with Crippen LogP contribution in [0.4, 0.5) is 5.82 Å². The van der Waals surface area contributed by atoms with E-state index < -0.39 is 8.07 Å². The Labute approximate surface area is 155 Å². The minimum absolute atomic E-state index is 0.157. The minimum atomic E-state index is -1.13. The molecular weight excluding hydrogens is 354 g/mol. The van der Waals surface area contributed by atoms with Crippen molar-refractivity contribution >= 4 is 36.5 Å². The van der Waals surface area contributed by atoms with Crippen LogP contribution in [-0.4, -0.2) is 35.8 Å². The molecule has 0 saturated heterocycles. The molecule has 0 amide bonds. The van der Waals surface area contributed by atoms with Gasteiger partial charge in [-0.2, -0.15) is 10.2 Å². The van der Waals surface area contributed by atoms with Crippen LogP contribution in [0.1, 0.15) is 19.4 Å². The molecule has 2 aromatic rings. The van der Waals surface area contributed by atoms with E-state index in [0.717, 1.165) is 12.6 Å². The maximum Gasteiger partial charge on any atom is 0.226 e. The van der Waals surface area contributed by atoms with Gasteiger partial charge in [-0.25, -0.2) is 4.98 Å². The number of rotatable bonds is 8. The number of hydrogen-bond acceptors (Lipinski definition) is 5. The van der Waals surface area contributed by atoms with Crippen LogP contribution < -0.4 is 5.32 Å². The molecule has 2 aromatic heterocycles. The minimum Gasteiger partial charge on any atom is -0.369 e. The predicted molar refractivity (Wildman–Crippen MR) is 105 cm³/mol. The molecule has 1 N–H and O–H groups in total. The molecule has 0 saturated carbocycles.